The largest absolute Gasteiger partial charge is 0.495 e. The SMILES string of the molecule is COc1ccc(S(=O)(=O)N2CCCCC2)cc1NC(=O)COc1ccc(C)c(C)c1. The minimum absolute atomic E-state index is 0.135. The van der Waals surface area contributed by atoms with Crippen LogP contribution in [-0.4, -0.2) is 45.4 Å². The highest BCUT2D eigenvalue weighted by atomic mass is 32.2. The minimum atomic E-state index is -3.61. The third-order valence-electron chi connectivity index (χ3n) is 5.25. The topological polar surface area (TPSA) is 84.9 Å². The van der Waals surface area contributed by atoms with Gasteiger partial charge in [0.05, 0.1) is 17.7 Å². The molecule has 0 unspecified atom stereocenters. The van der Waals surface area contributed by atoms with Crippen LogP contribution in [0.3, 0.4) is 0 Å². The average Bonchev–Trinajstić information content (AvgIpc) is 2.75. The third-order valence-corrected chi connectivity index (χ3v) is 7.14. The maximum Gasteiger partial charge on any atom is 0.262 e. The normalized spacial score (nSPS) is 14.9. The lowest BCUT2D eigenvalue weighted by Crippen LogP contribution is -2.35. The highest BCUT2D eigenvalue weighted by Gasteiger charge is 2.27. The van der Waals surface area contributed by atoms with E-state index >= 15 is 0 Å². The number of sulfonamides is 1. The van der Waals surface area contributed by atoms with Gasteiger partial charge in [0.15, 0.2) is 6.61 Å². The first-order valence-corrected chi connectivity index (χ1v) is 11.4. The molecule has 2 aromatic carbocycles. The van der Waals surface area contributed by atoms with Crippen LogP contribution < -0.4 is 14.8 Å². The second-order valence-corrected chi connectivity index (χ2v) is 9.35. The van der Waals surface area contributed by atoms with Gasteiger partial charge in [0, 0.05) is 13.1 Å². The summed E-state index contributed by atoms with van der Waals surface area (Å²) in [4.78, 5) is 12.6. The number of nitrogens with one attached hydrogen (secondary N) is 1. The minimum Gasteiger partial charge on any atom is -0.495 e. The molecule has 3 rings (SSSR count). The standard InChI is InChI=1S/C22H28N2O5S/c1-16-7-8-18(13-17(16)2)29-15-22(25)23-20-14-19(9-10-21(20)28-3)30(26,27)24-11-5-4-6-12-24/h7-10,13-14H,4-6,11-12,15H2,1-3H3,(H,23,25). The van der Waals surface area contributed by atoms with Crippen molar-refractivity contribution in [1.29, 1.82) is 0 Å². The van der Waals surface area contributed by atoms with E-state index in [0.29, 0.717) is 30.3 Å². The zero-order valence-electron chi connectivity index (χ0n) is 17.6. The van der Waals surface area contributed by atoms with Gasteiger partial charge < -0.3 is 14.8 Å². The van der Waals surface area contributed by atoms with Crippen LogP contribution in [0.2, 0.25) is 0 Å². The molecule has 0 atom stereocenters. The van der Waals surface area contributed by atoms with Gasteiger partial charge in [0.25, 0.3) is 5.91 Å². The lowest BCUT2D eigenvalue weighted by molar-refractivity contribution is -0.118. The molecule has 0 saturated carbocycles. The smallest absolute Gasteiger partial charge is 0.262 e. The monoisotopic (exact) mass is 432 g/mol. The molecule has 1 fully saturated rings. The lowest BCUT2D eigenvalue weighted by atomic mass is 10.1. The number of nitrogens with zero attached hydrogens (tertiary/aromatic N) is 1. The Morgan fingerprint density at radius 3 is 2.43 bits per heavy atom. The highest BCUT2D eigenvalue weighted by Crippen LogP contribution is 2.30. The summed E-state index contributed by atoms with van der Waals surface area (Å²) in [7, 11) is -2.15. The fourth-order valence-corrected chi connectivity index (χ4v) is 4.88. The third kappa shape index (κ3) is 5.12. The predicted octanol–water partition coefficient (Wildman–Crippen LogP) is 3.50. The van der Waals surface area contributed by atoms with E-state index in [9.17, 15) is 13.2 Å². The van der Waals surface area contributed by atoms with Crippen LogP contribution in [0.1, 0.15) is 30.4 Å². The number of carbonyl (C=O) groups excluding carboxylic acids is 1. The second kappa shape index (κ2) is 9.49. The van der Waals surface area contributed by atoms with Crippen LogP contribution in [-0.2, 0) is 14.8 Å². The van der Waals surface area contributed by atoms with Crippen molar-refractivity contribution < 1.29 is 22.7 Å². The van der Waals surface area contributed by atoms with E-state index in [1.54, 1.807) is 6.07 Å². The van der Waals surface area contributed by atoms with Gasteiger partial charge in [-0.3, -0.25) is 4.79 Å². The van der Waals surface area contributed by atoms with Crippen molar-refractivity contribution in [3.63, 3.8) is 0 Å². The van der Waals surface area contributed by atoms with Crippen LogP contribution in [0.15, 0.2) is 41.3 Å². The Morgan fingerprint density at radius 2 is 1.77 bits per heavy atom. The van der Waals surface area contributed by atoms with Gasteiger partial charge in [-0.25, -0.2) is 8.42 Å². The molecular formula is C22H28N2O5S. The van der Waals surface area contributed by atoms with E-state index in [1.165, 1.54) is 23.5 Å². The Balaban J connectivity index is 1.73. The molecule has 0 bridgehead atoms. The summed E-state index contributed by atoms with van der Waals surface area (Å²) in [6.45, 7) is 4.80. The van der Waals surface area contributed by atoms with Gasteiger partial charge in [-0.05, 0) is 68.1 Å². The first-order chi connectivity index (χ1) is 14.3. The first kappa shape index (κ1) is 22.1. The number of hydrogen-bond donors (Lipinski definition) is 1. The van der Waals surface area contributed by atoms with Crippen LogP contribution in [0.5, 0.6) is 11.5 Å². The molecule has 1 aliphatic heterocycles. The Bertz CT molecular complexity index is 1010. The highest BCUT2D eigenvalue weighted by molar-refractivity contribution is 7.89. The Labute approximate surface area is 178 Å². The molecule has 0 aliphatic carbocycles. The zero-order chi connectivity index (χ0) is 21.7. The molecule has 0 spiro atoms. The number of methoxy groups -OCH3 is 1. The Morgan fingerprint density at radius 1 is 1.03 bits per heavy atom. The van der Waals surface area contributed by atoms with Gasteiger partial charge in [-0.2, -0.15) is 4.31 Å². The number of amides is 1. The molecule has 1 N–H and O–H groups in total. The second-order valence-electron chi connectivity index (χ2n) is 7.41. The zero-order valence-corrected chi connectivity index (χ0v) is 18.4. The molecule has 1 saturated heterocycles. The van der Waals surface area contributed by atoms with Crippen LogP contribution >= 0.6 is 0 Å². The van der Waals surface area contributed by atoms with Gasteiger partial charge in [-0.15, -0.1) is 0 Å². The number of ether oxygens (including phenoxy) is 2. The fraction of sp³-hybridized carbons (Fsp3) is 0.409. The van der Waals surface area contributed by atoms with Gasteiger partial charge >= 0.3 is 0 Å². The fourth-order valence-electron chi connectivity index (χ4n) is 3.34. The van der Waals surface area contributed by atoms with E-state index in [-0.39, 0.29) is 11.5 Å². The molecule has 2 aromatic rings. The lowest BCUT2D eigenvalue weighted by Gasteiger charge is -2.26. The molecule has 162 valence electrons. The molecule has 1 amide bonds. The van der Waals surface area contributed by atoms with Crippen LogP contribution in [0.4, 0.5) is 5.69 Å². The Kier molecular flexibility index (Phi) is 6.99. The summed E-state index contributed by atoms with van der Waals surface area (Å²) in [5.74, 6) is 0.577. The number of piperidine rings is 1. The molecule has 1 heterocycles. The van der Waals surface area contributed by atoms with E-state index in [2.05, 4.69) is 5.32 Å². The molecule has 30 heavy (non-hydrogen) atoms. The van der Waals surface area contributed by atoms with Crippen LogP contribution in [0.25, 0.3) is 0 Å². The molecule has 7 nitrogen and oxygen atoms in total. The molecule has 1 aliphatic rings. The molecule has 0 aromatic heterocycles. The van der Waals surface area contributed by atoms with Crippen molar-refractivity contribution in [1.82, 2.24) is 4.31 Å². The number of rotatable bonds is 7. The predicted molar refractivity (Wildman–Crippen MR) is 116 cm³/mol. The van der Waals surface area contributed by atoms with Crippen LogP contribution in [0, 0.1) is 13.8 Å². The van der Waals surface area contributed by atoms with Gasteiger partial charge in [0.1, 0.15) is 11.5 Å². The molecule has 0 radical (unpaired) electrons. The van der Waals surface area contributed by atoms with E-state index in [4.69, 9.17) is 9.47 Å². The maximum atomic E-state index is 12.9. The number of benzene rings is 2. The van der Waals surface area contributed by atoms with Crippen molar-refractivity contribution in [3.8, 4) is 11.5 Å². The quantitative estimate of drug-likeness (QED) is 0.724. The van der Waals surface area contributed by atoms with Crippen molar-refractivity contribution in [2.45, 2.75) is 38.0 Å². The molecule has 8 heteroatoms. The van der Waals surface area contributed by atoms with E-state index in [1.807, 2.05) is 32.0 Å². The summed E-state index contributed by atoms with van der Waals surface area (Å²) in [5.41, 5.74) is 2.51. The Hall–Kier alpha value is -2.58. The number of hydrogen-bond acceptors (Lipinski definition) is 5. The first-order valence-electron chi connectivity index (χ1n) is 9.99. The summed E-state index contributed by atoms with van der Waals surface area (Å²) >= 11 is 0. The van der Waals surface area contributed by atoms with Gasteiger partial charge in [-0.1, -0.05) is 12.5 Å². The van der Waals surface area contributed by atoms with E-state index < -0.39 is 15.9 Å². The maximum absolute atomic E-state index is 12.9. The van der Waals surface area contributed by atoms with E-state index in [0.717, 1.165) is 30.4 Å². The summed E-state index contributed by atoms with van der Waals surface area (Å²) in [5, 5.41) is 2.70. The van der Waals surface area contributed by atoms with Crippen molar-refractivity contribution in [2.75, 3.05) is 32.1 Å². The summed E-state index contributed by atoms with van der Waals surface area (Å²) in [6.07, 6.45) is 2.75. The number of carbonyl (C=O) groups is 1. The number of aryl methyl sites for hydroxylation is 2. The number of anilines is 1. The van der Waals surface area contributed by atoms with Crippen molar-refractivity contribution in [2.24, 2.45) is 0 Å². The molecular weight excluding hydrogens is 404 g/mol. The van der Waals surface area contributed by atoms with Crippen molar-refractivity contribution in [3.05, 3.63) is 47.5 Å². The summed E-state index contributed by atoms with van der Waals surface area (Å²) in [6, 6.07) is 10.1. The van der Waals surface area contributed by atoms with Gasteiger partial charge in [0.2, 0.25) is 10.0 Å². The van der Waals surface area contributed by atoms with Crippen molar-refractivity contribution >= 4 is 21.6 Å². The average molecular weight is 433 g/mol. The summed E-state index contributed by atoms with van der Waals surface area (Å²) < 4.78 is 38.2.